The second kappa shape index (κ2) is 5.07. The van der Waals surface area contributed by atoms with Crippen LogP contribution in [0.25, 0.3) is 0 Å². The van der Waals surface area contributed by atoms with E-state index in [1.807, 2.05) is 0 Å². The highest BCUT2D eigenvalue weighted by atomic mass is 32.1. The number of carboxylic acid groups (broad SMARTS) is 1. The highest BCUT2D eigenvalue weighted by Crippen LogP contribution is 2.35. The van der Waals surface area contributed by atoms with Crippen LogP contribution in [0.3, 0.4) is 0 Å². The smallest absolute Gasteiger partial charge is 0.346 e. The van der Waals surface area contributed by atoms with Gasteiger partial charge in [0.15, 0.2) is 0 Å². The number of hydrogen-bond donors (Lipinski definition) is 1. The zero-order valence-electron chi connectivity index (χ0n) is 9.82. The van der Waals surface area contributed by atoms with E-state index in [1.54, 1.807) is 19.1 Å². The van der Waals surface area contributed by atoms with Crippen molar-refractivity contribution in [2.45, 2.75) is 6.92 Å². The number of aryl methyl sites for hydroxylation is 1. The molecule has 1 aromatic heterocycles. The summed E-state index contributed by atoms with van der Waals surface area (Å²) in [6.45, 7) is 1.61. The summed E-state index contributed by atoms with van der Waals surface area (Å²) in [7, 11) is 0. The molecule has 1 heterocycles. The first-order valence-electron chi connectivity index (χ1n) is 5.22. The zero-order valence-corrected chi connectivity index (χ0v) is 10.6. The summed E-state index contributed by atoms with van der Waals surface area (Å²) in [6.07, 6.45) is 0. The topological polar surface area (TPSA) is 89.7 Å². The van der Waals surface area contributed by atoms with Crippen LogP contribution in [0.2, 0.25) is 0 Å². The van der Waals surface area contributed by atoms with Crippen molar-refractivity contribution < 1.29 is 19.6 Å². The van der Waals surface area contributed by atoms with E-state index in [0.717, 1.165) is 11.3 Å². The van der Waals surface area contributed by atoms with Crippen LogP contribution in [-0.4, -0.2) is 16.0 Å². The molecule has 1 N–H and O–H groups in total. The summed E-state index contributed by atoms with van der Waals surface area (Å²) in [6, 6.07) is 6.06. The van der Waals surface area contributed by atoms with E-state index in [4.69, 9.17) is 9.84 Å². The molecule has 6 nitrogen and oxygen atoms in total. The number of nitro benzene ring substituents is 1. The van der Waals surface area contributed by atoms with E-state index >= 15 is 0 Å². The van der Waals surface area contributed by atoms with Gasteiger partial charge in [0.1, 0.15) is 10.6 Å². The fourth-order valence-electron chi connectivity index (χ4n) is 1.56. The second-order valence-electron chi connectivity index (χ2n) is 3.73. The Morgan fingerprint density at radius 3 is 2.79 bits per heavy atom. The van der Waals surface area contributed by atoms with Crippen LogP contribution >= 0.6 is 11.3 Å². The first-order chi connectivity index (χ1) is 8.99. The monoisotopic (exact) mass is 279 g/mol. The minimum Gasteiger partial charge on any atom is -0.477 e. The predicted molar refractivity (Wildman–Crippen MR) is 69.2 cm³/mol. The normalized spacial score (nSPS) is 10.2. The molecule has 0 aliphatic carbocycles. The predicted octanol–water partition coefficient (Wildman–Crippen LogP) is 3.46. The van der Waals surface area contributed by atoms with E-state index in [0.29, 0.717) is 5.56 Å². The third kappa shape index (κ3) is 2.71. The molecule has 0 aliphatic rings. The first-order valence-corrected chi connectivity index (χ1v) is 6.10. The summed E-state index contributed by atoms with van der Waals surface area (Å²) >= 11 is 1.00. The lowest BCUT2D eigenvalue weighted by Gasteiger charge is -2.05. The van der Waals surface area contributed by atoms with Crippen molar-refractivity contribution in [1.29, 1.82) is 0 Å². The van der Waals surface area contributed by atoms with Gasteiger partial charge in [-0.25, -0.2) is 4.79 Å². The number of rotatable bonds is 4. The molecule has 1 aromatic carbocycles. The molecule has 0 amide bonds. The van der Waals surface area contributed by atoms with Crippen molar-refractivity contribution in [2.75, 3.05) is 0 Å². The van der Waals surface area contributed by atoms with E-state index in [9.17, 15) is 14.9 Å². The third-order valence-electron chi connectivity index (χ3n) is 2.40. The van der Waals surface area contributed by atoms with Crippen LogP contribution in [0.4, 0.5) is 5.69 Å². The van der Waals surface area contributed by atoms with E-state index in [2.05, 4.69) is 0 Å². The molecule has 0 saturated heterocycles. The Hall–Kier alpha value is -2.41. The van der Waals surface area contributed by atoms with Crippen molar-refractivity contribution in [3.63, 3.8) is 0 Å². The molecule has 7 heteroatoms. The Morgan fingerprint density at radius 2 is 2.21 bits per heavy atom. The van der Waals surface area contributed by atoms with Crippen molar-refractivity contribution in [3.8, 4) is 11.5 Å². The lowest BCUT2D eigenvalue weighted by Crippen LogP contribution is -1.95. The summed E-state index contributed by atoms with van der Waals surface area (Å²) in [4.78, 5) is 21.3. The molecule has 0 saturated carbocycles. The molecule has 0 spiro atoms. The number of benzene rings is 1. The average Bonchev–Trinajstić information content (AvgIpc) is 2.77. The number of para-hydroxylation sites is 1. The van der Waals surface area contributed by atoms with Gasteiger partial charge in [-0.3, -0.25) is 10.1 Å². The molecule has 0 aliphatic heterocycles. The maximum atomic E-state index is 11.0. The Bertz CT molecular complexity index is 649. The van der Waals surface area contributed by atoms with Gasteiger partial charge in [0, 0.05) is 17.0 Å². The van der Waals surface area contributed by atoms with Crippen molar-refractivity contribution in [3.05, 3.63) is 50.2 Å². The highest BCUT2D eigenvalue weighted by Gasteiger charge is 2.19. The van der Waals surface area contributed by atoms with E-state index in [1.165, 1.54) is 17.5 Å². The van der Waals surface area contributed by atoms with Gasteiger partial charge in [0.2, 0.25) is 5.75 Å². The van der Waals surface area contributed by atoms with Crippen LogP contribution in [0.5, 0.6) is 11.5 Å². The van der Waals surface area contributed by atoms with Gasteiger partial charge in [-0.2, -0.15) is 0 Å². The molecular formula is C12H9NO5S. The number of thiophene rings is 1. The Kier molecular flexibility index (Phi) is 3.48. The third-order valence-corrected chi connectivity index (χ3v) is 3.29. The molecule has 98 valence electrons. The van der Waals surface area contributed by atoms with Gasteiger partial charge in [0.25, 0.3) is 0 Å². The number of nitro groups is 1. The fraction of sp³-hybridized carbons (Fsp3) is 0.0833. The summed E-state index contributed by atoms with van der Waals surface area (Å²) < 4.78 is 5.39. The fourth-order valence-corrected chi connectivity index (χ4v) is 2.20. The molecule has 0 bridgehead atoms. The zero-order chi connectivity index (χ0) is 14.0. The number of hydrogen-bond acceptors (Lipinski definition) is 5. The van der Waals surface area contributed by atoms with Gasteiger partial charge in [-0.05, 0) is 13.0 Å². The van der Waals surface area contributed by atoms with Crippen LogP contribution in [-0.2, 0) is 0 Å². The minimum absolute atomic E-state index is 0.0970. The second-order valence-corrected chi connectivity index (χ2v) is 4.64. The van der Waals surface area contributed by atoms with E-state index < -0.39 is 10.9 Å². The first kappa shape index (κ1) is 13.0. The van der Waals surface area contributed by atoms with Crippen LogP contribution < -0.4 is 4.74 Å². The molecule has 0 radical (unpaired) electrons. The number of ether oxygens (including phenoxy) is 1. The molecular weight excluding hydrogens is 270 g/mol. The largest absolute Gasteiger partial charge is 0.477 e. The number of carbonyl (C=O) groups is 1. The van der Waals surface area contributed by atoms with Crippen LogP contribution in [0, 0.1) is 17.0 Å². The maximum Gasteiger partial charge on any atom is 0.346 e. The lowest BCUT2D eigenvalue weighted by atomic mass is 10.2. The van der Waals surface area contributed by atoms with E-state index in [-0.39, 0.29) is 22.1 Å². The van der Waals surface area contributed by atoms with Gasteiger partial charge in [0.05, 0.1) is 4.92 Å². The Morgan fingerprint density at radius 1 is 1.47 bits per heavy atom. The Balaban J connectivity index is 2.35. The standard InChI is InChI=1S/C12H9NO5S/c1-7-3-2-4-9(11(7)13(16)17)18-8-5-10(12(14)15)19-6-8/h2-6H,1H3,(H,14,15). The molecule has 2 aromatic rings. The molecule has 19 heavy (non-hydrogen) atoms. The summed E-state index contributed by atoms with van der Waals surface area (Å²) in [5.74, 6) is -0.686. The average molecular weight is 279 g/mol. The quantitative estimate of drug-likeness (QED) is 0.683. The highest BCUT2D eigenvalue weighted by molar-refractivity contribution is 7.12. The van der Waals surface area contributed by atoms with Crippen LogP contribution in [0.15, 0.2) is 29.6 Å². The summed E-state index contributed by atoms with van der Waals surface area (Å²) in [5.41, 5.74) is 0.363. The molecule has 0 fully saturated rings. The van der Waals surface area contributed by atoms with Crippen molar-refractivity contribution >= 4 is 23.0 Å². The molecule has 0 unspecified atom stereocenters. The molecule has 0 atom stereocenters. The van der Waals surface area contributed by atoms with Crippen molar-refractivity contribution in [1.82, 2.24) is 0 Å². The minimum atomic E-state index is -1.06. The number of aromatic carboxylic acids is 1. The number of nitrogens with zero attached hydrogens (tertiary/aromatic N) is 1. The summed E-state index contributed by atoms with van der Waals surface area (Å²) in [5, 5.41) is 21.3. The number of carboxylic acids is 1. The van der Waals surface area contributed by atoms with Gasteiger partial charge >= 0.3 is 11.7 Å². The Labute approximate surface area is 112 Å². The maximum absolute atomic E-state index is 11.0. The van der Waals surface area contributed by atoms with Gasteiger partial charge < -0.3 is 9.84 Å². The lowest BCUT2D eigenvalue weighted by molar-refractivity contribution is -0.386. The molecule has 2 rings (SSSR count). The SMILES string of the molecule is Cc1cccc(Oc2csc(C(=O)O)c2)c1[N+](=O)[O-]. The van der Waals surface area contributed by atoms with Crippen LogP contribution in [0.1, 0.15) is 15.2 Å². The van der Waals surface area contributed by atoms with Gasteiger partial charge in [-0.1, -0.05) is 12.1 Å². The van der Waals surface area contributed by atoms with Gasteiger partial charge in [-0.15, -0.1) is 11.3 Å². The van der Waals surface area contributed by atoms with Crippen molar-refractivity contribution in [2.24, 2.45) is 0 Å².